The lowest BCUT2D eigenvalue weighted by Crippen LogP contribution is -2.05. The summed E-state index contributed by atoms with van der Waals surface area (Å²) in [7, 11) is 0. The van der Waals surface area contributed by atoms with Crippen molar-refractivity contribution >= 4 is 11.8 Å². The van der Waals surface area contributed by atoms with Crippen LogP contribution in [0.2, 0.25) is 0 Å². The number of hydroxylamine groups is 1. The fraction of sp³-hybridized carbons (Fsp3) is 0.333. The molecule has 12 heavy (non-hydrogen) atoms. The molecule has 0 saturated heterocycles. The Bertz CT molecular complexity index is 263. The van der Waals surface area contributed by atoms with Crippen LogP contribution in [0.4, 0.5) is 0 Å². The van der Waals surface area contributed by atoms with Crippen LogP contribution in [0.1, 0.15) is 11.1 Å². The Kier molecular flexibility index (Phi) is 3.59. The summed E-state index contributed by atoms with van der Waals surface area (Å²) in [5.41, 5.74) is 4.51. The van der Waals surface area contributed by atoms with Gasteiger partial charge < -0.3 is 5.21 Å². The molecule has 0 spiro atoms. The fourth-order valence-corrected chi connectivity index (χ4v) is 1.73. The van der Waals surface area contributed by atoms with Crippen molar-refractivity contribution in [3.8, 4) is 0 Å². The van der Waals surface area contributed by atoms with Gasteiger partial charge in [0.25, 0.3) is 0 Å². The van der Waals surface area contributed by atoms with Gasteiger partial charge in [-0.25, -0.2) is 5.48 Å². The highest BCUT2D eigenvalue weighted by Gasteiger charge is 1.97. The van der Waals surface area contributed by atoms with Gasteiger partial charge in [-0.05, 0) is 30.4 Å². The van der Waals surface area contributed by atoms with E-state index in [4.69, 9.17) is 5.21 Å². The summed E-state index contributed by atoms with van der Waals surface area (Å²) in [6, 6.07) is 6.17. The highest BCUT2D eigenvalue weighted by atomic mass is 32.2. The van der Waals surface area contributed by atoms with Crippen molar-refractivity contribution in [3.05, 3.63) is 29.3 Å². The van der Waals surface area contributed by atoms with Crippen LogP contribution in [-0.2, 0) is 6.54 Å². The molecule has 66 valence electrons. The molecule has 2 N–H and O–H groups in total. The predicted molar refractivity (Wildman–Crippen MR) is 51.6 cm³/mol. The van der Waals surface area contributed by atoms with Crippen LogP contribution in [0.3, 0.4) is 0 Å². The largest absolute Gasteiger partial charge is 0.316 e. The molecule has 0 aromatic heterocycles. The van der Waals surface area contributed by atoms with E-state index in [1.165, 1.54) is 10.5 Å². The zero-order chi connectivity index (χ0) is 8.97. The van der Waals surface area contributed by atoms with E-state index in [1.54, 1.807) is 11.8 Å². The third-order valence-corrected chi connectivity index (χ3v) is 2.64. The Morgan fingerprint density at radius 2 is 2.25 bits per heavy atom. The summed E-state index contributed by atoms with van der Waals surface area (Å²) in [4.78, 5) is 1.29. The van der Waals surface area contributed by atoms with Crippen LogP contribution in [-0.4, -0.2) is 11.5 Å². The lowest BCUT2D eigenvalue weighted by Gasteiger charge is -2.04. The number of nitrogens with one attached hydrogen (secondary N) is 1. The molecule has 0 radical (unpaired) electrons. The Hall–Kier alpha value is -0.510. The molecule has 0 aliphatic rings. The second kappa shape index (κ2) is 4.50. The Balaban J connectivity index is 2.86. The number of rotatable bonds is 3. The number of hydrogen-bond acceptors (Lipinski definition) is 3. The number of thioether (sulfide) groups is 1. The summed E-state index contributed by atoms with van der Waals surface area (Å²) in [6.45, 7) is 2.59. The Labute approximate surface area is 76.9 Å². The van der Waals surface area contributed by atoms with E-state index in [1.807, 2.05) is 6.07 Å². The lowest BCUT2D eigenvalue weighted by molar-refractivity contribution is 0.161. The van der Waals surface area contributed by atoms with Crippen molar-refractivity contribution < 1.29 is 5.21 Å². The van der Waals surface area contributed by atoms with Crippen molar-refractivity contribution in [2.45, 2.75) is 18.4 Å². The van der Waals surface area contributed by atoms with Gasteiger partial charge in [-0.2, -0.15) is 0 Å². The average Bonchev–Trinajstić information content (AvgIpc) is 2.05. The Morgan fingerprint density at radius 1 is 1.50 bits per heavy atom. The first-order chi connectivity index (χ1) is 5.77. The van der Waals surface area contributed by atoms with Gasteiger partial charge in [0.15, 0.2) is 0 Å². The van der Waals surface area contributed by atoms with Crippen molar-refractivity contribution in [1.29, 1.82) is 0 Å². The van der Waals surface area contributed by atoms with Crippen molar-refractivity contribution in [1.82, 2.24) is 5.48 Å². The highest BCUT2D eigenvalue weighted by Crippen LogP contribution is 2.20. The molecule has 3 heteroatoms. The third-order valence-electron chi connectivity index (χ3n) is 1.74. The van der Waals surface area contributed by atoms with Crippen molar-refractivity contribution in [3.63, 3.8) is 0 Å². The van der Waals surface area contributed by atoms with Gasteiger partial charge in [-0.1, -0.05) is 12.1 Å². The smallest absolute Gasteiger partial charge is 0.0458 e. The second-order valence-corrected chi connectivity index (χ2v) is 3.49. The van der Waals surface area contributed by atoms with E-state index < -0.39 is 0 Å². The van der Waals surface area contributed by atoms with Gasteiger partial charge in [0.2, 0.25) is 0 Å². The molecule has 1 rings (SSSR count). The first-order valence-electron chi connectivity index (χ1n) is 3.78. The molecule has 0 amide bonds. The molecular weight excluding hydrogens is 170 g/mol. The minimum Gasteiger partial charge on any atom is -0.316 e. The summed E-state index contributed by atoms with van der Waals surface area (Å²) in [5.74, 6) is 0. The number of aryl methyl sites for hydroxylation is 1. The van der Waals surface area contributed by atoms with Gasteiger partial charge in [-0.15, -0.1) is 11.8 Å². The van der Waals surface area contributed by atoms with E-state index in [9.17, 15) is 0 Å². The number of benzene rings is 1. The maximum Gasteiger partial charge on any atom is 0.0458 e. The first-order valence-corrected chi connectivity index (χ1v) is 5.01. The van der Waals surface area contributed by atoms with E-state index >= 15 is 0 Å². The van der Waals surface area contributed by atoms with Crippen LogP contribution >= 0.6 is 11.8 Å². The minimum atomic E-state index is 0.509. The SMILES string of the molecule is CSc1ccc(CNO)cc1C. The molecule has 2 nitrogen and oxygen atoms in total. The third kappa shape index (κ3) is 2.24. The second-order valence-electron chi connectivity index (χ2n) is 2.64. The molecule has 0 saturated carbocycles. The average molecular weight is 183 g/mol. The van der Waals surface area contributed by atoms with Crippen LogP contribution in [0.15, 0.2) is 23.1 Å². The fourth-order valence-electron chi connectivity index (χ4n) is 1.14. The summed E-state index contributed by atoms with van der Waals surface area (Å²) in [6.07, 6.45) is 2.06. The van der Waals surface area contributed by atoms with E-state index in [-0.39, 0.29) is 0 Å². The standard InChI is InChI=1S/C9H13NOS/c1-7-5-8(6-10-11)3-4-9(7)12-2/h3-5,10-11H,6H2,1-2H3. The molecule has 1 aromatic rings. The summed E-state index contributed by atoms with van der Waals surface area (Å²) < 4.78 is 0. The lowest BCUT2D eigenvalue weighted by atomic mass is 10.1. The zero-order valence-electron chi connectivity index (χ0n) is 7.29. The molecular formula is C9H13NOS. The van der Waals surface area contributed by atoms with Gasteiger partial charge in [0.1, 0.15) is 0 Å². The van der Waals surface area contributed by atoms with Crippen LogP contribution in [0, 0.1) is 6.92 Å². The normalized spacial score (nSPS) is 10.2. The van der Waals surface area contributed by atoms with Gasteiger partial charge in [0.05, 0.1) is 0 Å². The van der Waals surface area contributed by atoms with Crippen LogP contribution < -0.4 is 5.48 Å². The molecule has 1 aromatic carbocycles. The molecule has 0 fully saturated rings. The topological polar surface area (TPSA) is 32.3 Å². The van der Waals surface area contributed by atoms with Gasteiger partial charge in [0, 0.05) is 11.4 Å². The maximum absolute atomic E-state index is 8.48. The van der Waals surface area contributed by atoms with Gasteiger partial charge in [-0.3, -0.25) is 0 Å². The van der Waals surface area contributed by atoms with Gasteiger partial charge >= 0.3 is 0 Å². The summed E-state index contributed by atoms with van der Waals surface area (Å²) >= 11 is 1.74. The monoisotopic (exact) mass is 183 g/mol. The Morgan fingerprint density at radius 3 is 2.75 bits per heavy atom. The quantitative estimate of drug-likeness (QED) is 0.556. The number of hydrogen-bond donors (Lipinski definition) is 2. The van der Waals surface area contributed by atoms with E-state index in [2.05, 4.69) is 30.8 Å². The van der Waals surface area contributed by atoms with Crippen LogP contribution in [0.5, 0.6) is 0 Å². The molecule has 0 atom stereocenters. The molecule has 0 heterocycles. The van der Waals surface area contributed by atoms with Crippen molar-refractivity contribution in [2.75, 3.05) is 6.26 Å². The molecule has 0 unspecified atom stereocenters. The molecule has 0 bridgehead atoms. The van der Waals surface area contributed by atoms with Crippen molar-refractivity contribution in [2.24, 2.45) is 0 Å². The molecule has 0 aliphatic carbocycles. The molecule has 0 aliphatic heterocycles. The maximum atomic E-state index is 8.48. The zero-order valence-corrected chi connectivity index (χ0v) is 8.11. The summed E-state index contributed by atoms with van der Waals surface area (Å²) in [5, 5.41) is 8.48. The predicted octanol–water partition coefficient (Wildman–Crippen LogP) is 2.20. The minimum absolute atomic E-state index is 0.509. The first kappa shape index (κ1) is 9.58. The highest BCUT2D eigenvalue weighted by molar-refractivity contribution is 7.98. The van der Waals surface area contributed by atoms with E-state index in [0.29, 0.717) is 6.54 Å². The van der Waals surface area contributed by atoms with Crippen LogP contribution in [0.25, 0.3) is 0 Å². The van der Waals surface area contributed by atoms with E-state index in [0.717, 1.165) is 5.56 Å².